The third-order valence-corrected chi connectivity index (χ3v) is 2.71. The summed E-state index contributed by atoms with van der Waals surface area (Å²) in [6.45, 7) is 39.5. The minimum Gasteiger partial charge on any atom is -0.383 e. The first kappa shape index (κ1) is 40.3. The minimum absolute atomic E-state index is 0.895. The summed E-state index contributed by atoms with van der Waals surface area (Å²) in [6, 6.07) is 0. The molecule has 0 radical (unpaired) electrons. The van der Waals surface area contributed by atoms with Crippen LogP contribution in [-0.4, -0.2) is 18.0 Å². The smallest absolute Gasteiger partial charge is 0.0547 e. The number of hydrogen-bond acceptors (Lipinski definition) is 2. The average Bonchev–Trinajstić information content (AvgIpc) is 2.89. The van der Waals surface area contributed by atoms with Gasteiger partial charge < -0.3 is 10.2 Å². The molecule has 0 aromatic rings. The fraction of sp³-hybridized carbons (Fsp3) is 0.680. The van der Waals surface area contributed by atoms with Gasteiger partial charge in [0.1, 0.15) is 0 Å². The molecule has 0 amide bonds. The van der Waals surface area contributed by atoms with Crippen molar-refractivity contribution in [1.82, 2.24) is 10.2 Å². The lowest BCUT2D eigenvalue weighted by Crippen LogP contribution is -2.25. The van der Waals surface area contributed by atoms with Gasteiger partial charge in [-0.15, -0.1) is 6.58 Å². The van der Waals surface area contributed by atoms with E-state index in [-0.39, 0.29) is 0 Å². The summed E-state index contributed by atoms with van der Waals surface area (Å²) in [7, 11) is 0. The number of hydrogen-bond donors (Lipinski definition) is 1. The van der Waals surface area contributed by atoms with E-state index in [0.717, 1.165) is 18.8 Å². The Labute approximate surface area is 175 Å². The van der Waals surface area contributed by atoms with Gasteiger partial charge >= 0.3 is 0 Å². The Hall–Kier alpha value is -1.44. The fourth-order valence-electron chi connectivity index (χ4n) is 1.56. The zero-order valence-corrected chi connectivity index (χ0v) is 21.9. The van der Waals surface area contributed by atoms with E-state index < -0.39 is 0 Å². The lowest BCUT2D eigenvalue weighted by atomic mass is 10.2. The summed E-state index contributed by atoms with van der Waals surface area (Å²) < 4.78 is 0. The highest BCUT2D eigenvalue weighted by Crippen LogP contribution is 2.18. The van der Waals surface area contributed by atoms with Crippen molar-refractivity contribution in [1.29, 1.82) is 0 Å². The van der Waals surface area contributed by atoms with Crippen molar-refractivity contribution in [2.75, 3.05) is 13.1 Å². The van der Waals surface area contributed by atoms with Crippen molar-refractivity contribution >= 4 is 0 Å². The first-order chi connectivity index (χ1) is 13.0. The number of nitrogens with zero attached hydrogens (tertiary/aromatic N) is 1. The largest absolute Gasteiger partial charge is 0.383 e. The molecule has 0 unspecified atom stereocenters. The predicted molar refractivity (Wildman–Crippen MR) is 134 cm³/mol. The summed E-state index contributed by atoms with van der Waals surface area (Å²) >= 11 is 0. The number of rotatable bonds is 1. The molecule has 1 N–H and O–H groups in total. The molecule has 2 nitrogen and oxygen atoms in total. The molecule has 2 heteroatoms. The molecule has 0 aromatic carbocycles. The Morgan fingerprint density at radius 3 is 1.48 bits per heavy atom. The summed E-state index contributed by atoms with van der Waals surface area (Å²) in [4.78, 5) is 2.26. The van der Waals surface area contributed by atoms with Crippen molar-refractivity contribution in [2.24, 2.45) is 0 Å². The van der Waals surface area contributed by atoms with E-state index in [2.05, 4.69) is 57.1 Å². The van der Waals surface area contributed by atoms with E-state index >= 15 is 0 Å². The summed E-state index contributed by atoms with van der Waals surface area (Å²) in [6.07, 6.45) is 3.90. The van der Waals surface area contributed by atoms with Crippen LogP contribution in [0.3, 0.4) is 0 Å². The van der Waals surface area contributed by atoms with Gasteiger partial charge in [-0.3, -0.25) is 0 Å². The molecule has 1 rings (SSSR count). The van der Waals surface area contributed by atoms with Gasteiger partial charge in [0.2, 0.25) is 0 Å². The topological polar surface area (TPSA) is 15.3 Å². The number of nitrogens with one attached hydrogen (secondary N) is 1. The Balaban J connectivity index is -0.0000000714. The quantitative estimate of drug-likeness (QED) is 0.454. The summed E-state index contributed by atoms with van der Waals surface area (Å²) in [5.41, 5.74) is 5.07. The molecule has 166 valence electrons. The van der Waals surface area contributed by atoms with Crippen LogP contribution in [-0.2, 0) is 0 Å². The number of allylic oxidation sites excluding steroid dienone is 4. The van der Waals surface area contributed by atoms with E-state index in [4.69, 9.17) is 0 Å². The molecule has 0 fully saturated rings. The molecule has 0 spiro atoms. The van der Waals surface area contributed by atoms with Crippen molar-refractivity contribution < 1.29 is 0 Å². The second kappa shape index (κ2) is 39.6. The lowest BCUT2D eigenvalue weighted by molar-refractivity contribution is 0.459. The average molecular weight is 385 g/mol. The molecule has 0 saturated heterocycles. The Morgan fingerprint density at radius 2 is 1.22 bits per heavy atom. The molecule has 1 heterocycles. The zero-order valence-electron chi connectivity index (χ0n) is 21.9. The zero-order chi connectivity index (χ0) is 23.4. The predicted octanol–water partition coefficient (Wildman–Crippen LogP) is 8.95. The fourth-order valence-corrected chi connectivity index (χ4v) is 1.56. The molecule has 27 heavy (non-hydrogen) atoms. The van der Waals surface area contributed by atoms with Gasteiger partial charge in [-0.05, 0) is 40.2 Å². The van der Waals surface area contributed by atoms with Crippen molar-refractivity contribution in [3.05, 3.63) is 48.0 Å². The molecular weight excluding hydrogens is 328 g/mol. The van der Waals surface area contributed by atoms with E-state index in [0.29, 0.717) is 0 Å². The van der Waals surface area contributed by atoms with Crippen molar-refractivity contribution in [3.63, 3.8) is 0 Å². The molecule has 0 atom stereocenters. The highest BCUT2D eigenvalue weighted by molar-refractivity contribution is 5.22. The van der Waals surface area contributed by atoms with Crippen molar-refractivity contribution in [2.45, 2.75) is 104 Å². The Kier molecular flexibility index (Phi) is 59.1. The Morgan fingerprint density at radius 1 is 0.889 bits per heavy atom. The standard InChI is InChI=1S/C12H20N2.C3H6.5C2H6/c1-6-12-7-13-11(5)10(4)8-14(12)9(2)3;1-3-2;5*1-2/h6,13H,2,7-8H2,1,3-5H3;3H,1H2,2H3;5*1-2H3/b12-6-;;;;;;. The van der Waals surface area contributed by atoms with Gasteiger partial charge in [0.25, 0.3) is 0 Å². The normalized spacial score (nSPS) is 12.4. The van der Waals surface area contributed by atoms with Gasteiger partial charge in [-0.1, -0.05) is 88.0 Å². The van der Waals surface area contributed by atoms with Crippen LogP contribution in [0.4, 0.5) is 0 Å². The maximum absolute atomic E-state index is 4.01. The van der Waals surface area contributed by atoms with Crippen LogP contribution in [0, 0.1) is 0 Å². The molecule has 0 aliphatic carbocycles. The molecule has 0 bridgehead atoms. The van der Waals surface area contributed by atoms with E-state index in [1.54, 1.807) is 6.08 Å². The maximum Gasteiger partial charge on any atom is 0.0547 e. The van der Waals surface area contributed by atoms with Gasteiger partial charge in [-0.25, -0.2) is 0 Å². The molecule has 1 aliphatic rings. The summed E-state index contributed by atoms with van der Waals surface area (Å²) in [5, 5.41) is 3.41. The van der Waals surface area contributed by atoms with Gasteiger partial charge in [-0.2, -0.15) is 0 Å². The second-order valence-corrected chi connectivity index (χ2v) is 4.27. The van der Waals surface area contributed by atoms with Crippen molar-refractivity contribution in [3.8, 4) is 0 Å². The van der Waals surface area contributed by atoms with Crippen LogP contribution < -0.4 is 5.32 Å². The monoisotopic (exact) mass is 384 g/mol. The third kappa shape index (κ3) is 26.9. The van der Waals surface area contributed by atoms with Gasteiger partial charge in [0, 0.05) is 23.6 Å². The van der Waals surface area contributed by atoms with Crippen LogP contribution >= 0.6 is 0 Å². The summed E-state index contributed by atoms with van der Waals surface area (Å²) in [5.74, 6) is 0. The van der Waals surface area contributed by atoms with Crippen LogP contribution in [0.5, 0.6) is 0 Å². The minimum atomic E-state index is 0.895. The second-order valence-electron chi connectivity index (χ2n) is 4.27. The maximum atomic E-state index is 4.01. The first-order valence-electron chi connectivity index (χ1n) is 11.0. The molecule has 0 saturated carbocycles. The Bertz CT molecular complexity index is 336. The molecule has 0 aromatic heterocycles. The first-order valence-corrected chi connectivity index (χ1v) is 11.0. The van der Waals surface area contributed by atoms with Crippen LogP contribution in [0.2, 0.25) is 0 Å². The van der Waals surface area contributed by atoms with Crippen LogP contribution in [0.1, 0.15) is 104 Å². The third-order valence-electron chi connectivity index (χ3n) is 2.71. The van der Waals surface area contributed by atoms with E-state index in [1.807, 2.05) is 76.2 Å². The van der Waals surface area contributed by atoms with Gasteiger partial charge in [0.15, 0.2) is 0 Å². The highest BCUT2D eigenvalue weighted by Gasteiger charge is 2.14. The molecule has 1 aliphatic heterocycles. The van der Waals surface area contributed by atoms with E-state index in [1.165, 1.54) is 17.0 Å². The van der Waals surface area contributed by atoms with Crippen LogP contribution in [0.25, 0.3) is 0 Å². The molecular formula is C25H56N2. The lowest BCUT2D eigenvalue weighted by Gasteiger charge is -2.25. The van der Waals surface area contributed by atoms with E-state index in [9.17, 15) is 0 Å². The SMILES string of the molecule is C=C(C)N1CC(C)=C(C)NC/C1=C/C.C=CC.CC.CC.CC.CC.CC. The highest BCUT2D eigenvalue weighted by atomic mass is 15.2. The van der Waals surface area contributed by atoms with Crippen LogP contribution in [0.15, 0.2) is 48.0 Å². The van der Waals surface area contributed by atoms with Gasteiger partial charge in [0.05, 0.1) is 6.54 Å².